The van der Waals surface area contributed by atoms with Gasteiger partial charge in [0.2, 0.25) is 5.91 Å². The summed E-state index contributed by atoms with van der Waals surface area (Å²) in [4.78, 5) is 13.4. The standard InChI is InChI=1S/C86H155NO13/c1-3-5-7-9-11-13-15-17-19-21-23-25-27-29-31-33-35-36-37-38-40-42-44-46-48-50-52-54-56-58-60-62-64-66-68-70-78(91)87-74(73-97-85-83(96)81(94)84(77(72-89)99-85)100-86-82(95)80(93)79(92)76(71-88)98-86)75(90)69-67-65-63-61-59-57-55-53-51-49-47-45-43-41-39-34-32-30-28-26-24-22-20-18-16-14-12-10-8-6-4-2/h5,7,11,13,17,19,23,25,51,53,59,61,67,69,74-77,79-86,88-90,92-96H,3-4,6,8-10,12,14-16,18,20-22,24,26-50,52,54-58,60,62-66,68,70-73H2,1-2H3,(H,87,91)/b7-5-,13-11-,19-17-,25-23-,53-51+,61-59+,69-67+. The number of aliphatic hydroxyl groups is 8. The second-order valence-electron chi connectivity index (χ2n) is 29.2. The van der Waals surface area contributed by atoms with E-state index in [9.17, 15) is 45.6 Å². The molecule has 0 aliphatic carbocycles. The highest BCUT2D eigenvalue weighted by atomic mass is 16.7. The lowest BCUT2D eigenvalue weighted by Crippen LogP contribution is -2.65. The highest BCUT2D eigenvalue weighted by Crippen LogP contribution is 2.30. The summed E-state index contributed by atoms with van der Waals surface area (Å²) < 4.78 is 22.9. The molecule has 2 heterocycles. The third-order valence-electron chi connectivity index (χ3n) is 20.0. The van der Waals surface area contributed by atoms with Gasteiger partial charge in [0, 0.05) is 6.42 Å². The number of allylic oxidation sites excluding steroid dienone is 13. The van der Waals surface area contributed by atoms with Crippen molar-refractivity contribution in [1.29, 1.82) is 0 Å². The quantitative estimate of drug-likeness (QED) is 0.0204. The Balaban J connectivity index is 1.61. The SMILES string of the molecule is CC/C=C\C/C=C\C/C=C\C/C=C\CCCCCCCCCCCCCCCCCCCCCCCCC(=O)NC(COC1OC(CO)C(OC2OC(CO)C(O)C(O)C2O)C(O)C1O)C(O)/C=C/CC/C=C/CC/C=C/CCCCCCCCCCCCCCCCCCCCCCC. The van der Waals surface area contributed by atoms with Crippen LogP contribution >= 0.6 is 0 Å². The first-order valence-corrected chi connectivity index (χ1v) is 41.8. The number of nitrogens with one attached hydrogen (secondary N) is 1. The number of hydrogen-bond acceptors (Lipinski definition) is 13. The van der Waals surface area contributed by atoms with Crippen molar-refractivity contribution in [2.24, 2.45) is 0 Å². The summed E-state index contributed by atoms with van der Waals surface area (Å²) >= 11 is 0. The van der Waals surface area contributed by atoms with E-state index in [0.29, 0.717) is 12.8 Å². The molecule has 14 heteroatoms. The van der Waals surface area contributed by atoms with Crippen molar-refractivity contribution in [1.82, 2.24) is 5.32 Å². The molecular weight excluding hydrogens is 1250 g/mol. The number of ether oxygens (including phenoxy) is 4. The number of hydrogen-bond donors (Lipinski definition) is 9. The molecule has 2 fully saturated rings. The number of rotatable bonds is 70. The second kappa shape index (κ2) is 69.2. The van der Waals surface area contributed by atoms with E-state index in [2.05, 4.69) is 92.1 Å². The Morgan fingerprint density at radius 3 is 1.10 bits per heavy atom. The van der Waals surface area contributed by atoms with Gasteiger partial charge in [-0.05, 0) is 83.5 Å². The molecule has 12 unspecified atom stereocenters. The molecule has 0 aromatic carbocycles. The van der Waals surface area contributed by atoms with Crippen LogP contribution in [0.1, 0.15) is 361 Å². The van der Waals surface area contributed by atoms with Crippen LogP contribution in [0.3, 0.4) is 0 Å². The maximum absolute atomic E-state index is 13.4. The molecule has 100 heavy (non-hydrogen) atoms. The van der Waals surface area contributed by atoms with Gasteiger partial charge in [0.1, 0.15) is 48.8 Å². The molecule has 1 amide bonds. The summed E-state index contributed by atoms with van der Waals surface area (Å²) in [7, 11) is 0. The van der Waals surface area contributed by atoms with E-state index < -0.39 is 86.8 Å². The van der Waals surface area contributed by atoms with Gasteiger partial charge in [0.25, 0.3) is 0 Å². The molecule has 14 nitrogen and oxygen atoms in total. The first kappa shape index (κ1) is 93.3. The van der Waals surface area contributed by atoms with Gasteiger partial charge in [0.15, 0.2) is 12.6 Å². The lowest BCUT2D eigenvalue weighted by Gasteiger charge is -2.46. The number of amides is 1. The van der Waals surface area contributed by atoms with Crippen LogP contribution in [0.25, 0.3) is 0 Å². The summed E-state index contributed by atoms with van der Waals surface area (Å²) in [6, 6.07) is -0.942. The van der Waals surface area contributed by atoms with E-state index in [1.54, 1.807) is 6.08 Å². The lowest BCUT2D eigenvalue weighted by atomic mass is 9.97. The Morgan fingerprint density at radius 2 is 0.700 bits per heavy atom. The molecule has 582 valence electrons. The van der Waals surface area contributed by atoms with Crippen molar-refractivity contribution >= 4 is 5.91 Å². The summed E-state index contributed by atoms with van der Waals surface area (Å²) in [6.45, 7) is 2.71. The van der Waals surface area contributed by atoms with Crippen LogP contribution in [0.2, 0.25) is 0 Å². The molecule has 2 saturated heterocycles. The summed E-state index contributed by atoms with van der Waals surface area (Å²) in [5.74, 6) is -0.248. The summed E-state index contributed by atoms with van der Waals surface area (Å²) in [5.41, 5.74) is 0. The van der Waals surface area contributed by atoms with E-state index in [0.717, 1.165) is 70.6 Å². The van der Waals surface area contributed by atoms with Crippen molar-refractivity contribution in [3.05, 3.63) is 85.1 Å². The Hall–Kier alpha value is -2.83. The summed E-state index contributed by atoms with van der Waals surface area (Å²) in [6.07, 6.45) is 81.1. The maximum atomic E-state index is 13.4. The van der Waals surface area contributed by atoms with Crippen molar-refractivity contribution in [2.75, 3.05) is 19.8 Å². The molecule has 0 saturated carbocycles. The molecule has 12 atom stereocenters. The number of aliphatic hydroxyl groups excluding tert-OH is 8. The van der Waals surface area contributed by atoms with E-state index in [-0.39, 0.29) is 18.9 Å². The Kier molecular flexibility index (Phi) is 64.6. The summed E-state index contributed by atoms with van der Waals surface area (Å²) in [5, 5.41) is 87.7. The van der Waals surface area contributed by atoms with E-state index in [1.165, 1.54) is 257 Å². The normalized spacial score (nSPS) is 22.3. The Morgan fingerprint density at radius 1 is 0.370 bits per heavy atom. The molecule has 0 spiro atoms. The molecule has 2 aliphatic heterocycles. The van der Waals surface area contributed by atoms with Crippen LogP contribution in [0.15, 0.2) is 85.1 Å². The second-order valence-corrected chi connectivity index (χ2v) is 29.2. The highest BCUT2D eigenvalue weighted by molar-refractivity contribution is 5.76. The van der Waals surface area contributed by atoms with Crippen molar-refractivity contribution < 1.29 is 64.6 Å². The number of carbonyl (C=O) groups excluding carboxylic acids is 1. The third-order valence-corrected chi connectivity index (χ3v) is 20.0. The first-order chi connectivity index (χ1) is 49.1. The minimum atomic E-state index is -1.80. The largest absolute Gasteiger partial charge is 0.394 e. The molecular formula is C86H155NO13. The predicted molar refractivity (Wildman–Crippen MR) is 415 cm³/mol. The van der Waals surface area contributed by atoms with Crippen LogP contribution in [-0.2, 0) is 23.7 Å². The maximum Gasteiger partial charge on any atom is 0.220 e. The van der Waals surface area contributed by atoms with Crippen LogP contribution in [0.4, 0.5) is 0 Å². The van der Waals surface area contributed by atoms with Crippen LogP contribution in [0, 0.1) is 0 Å². The van der Waals surface area contributed by atoms with Gasteiger partial charge in [-0.1, -0.05) is 356 Å². The smallest absolute Gasteiger partial charge is 0.220 e. The molecule has 0 aromatic heterocycles. The molecule has 9 N–H and O–H groups in total. The van der Waals surface area contributed by atoms with Crippen LogP contribution in [0.5, 0.6) is 0 Å². The van der Waals surface area contributed by atoms with Gasteiger partial charge >= 0.3 is 0 Å². The third kappa shape index (κ3) is 51.4. The zero-order valence-electron chi connectivity index (χ0n) is 63.9. The molecule has 2 aliphatic rings. The van der Waals surface area contributed by atoms with Crippen LogP contribution in [-0.4, -0.2) is 140 Å². The highest BCUT2D eigenvalue weighted by Gasteiger charge is 2.51. The van der Waals surface area contributed by atoms with Gasteiger partial charge in [-0.25, -0.2) is 0 Å². The van der Waals surface area contributed by atoms with Gasteiger partial charge < -0.3 is 65.1 Å². The zero-order valence-corrected chi connectivity index (χ0v) is 63.9. The first-order valence-electron chi connectivity index (χ1n) is 41.8. The fraction of sp³-hybridized carbons (Fsp3) is 0.826. The van der Waals surface area contributed by atoms with Gasteiger partial charge in [0.05, 0.1) is 32.0 Å². The molecule has 0 bridgehead atoms. The van der Waals surface area contributed by atoms with Gasteiger partial charge in [-0.3, -0.25) is 4.79 Å². The molecule has 0 radical (unpaired) electrons. The van der Waals surface area contributed by atoms with E-state index in [1.807, 2.05) is 6.08 Å². The average Bonchev–Trinajstić information content (AvgIpc) is 0.790. The van der Waals surface area contributed by atoms with Gasteiger partial charge in [-0.2, -0.15) is 0 Å². The van der Waals surface area contributed by atoms with E-state index in [4.69, 9.17) is 18.9 Å². The van der Waals surface area contributed by atoms with Crippen LogP contribution < -0.4 is 5.32 Å². The zero-order chi connectivity index (χ0) is 72.2. The number of carbonyl (C=O) groups is 1. The van der Waals surface area contributed by atoms with E-state index >= 15 is 0 Å². The molecule has 0 aromatic rings. The minimum absolute atomic E-state index is 0.248. The fourth-order valence-corrected chi connectivity index (χ4v) is 13.5. The topological polar surface area (TPSA) is 228 Å². The monoisotopic (exact) mass is 1410 g/mol. The van der Waals surface area contributed by atoms with Crippen molar-refractivity contribution in [3.63, 3.8) is 0 Å². The molecule has 2 rings (SSSR count). The Labute approximate surface area is 611 Å². The van der Waals surface area contributed by atoms with Crippen molar-refractivity contribution in [2.45, 2.75) is 434 Å². The van der Waals surface area contributed by atoms with Crippen molar-refractivity contribution in [3.8, 4) is 0 Å². The predicted octanol–water partition coefficient (Wildman–Crippen LogP) is 19.5. The lowest BCUT2D eigenvalue weighted by molar-refractivity contribution is -0.359. The minimum Gasteiger partial charge on any atom is -0.394 e. The fourth-order valence-electron chi connectivity index (χ4n) is 13.5. The Bertz CT molecular complexity index is 2010. The number of unbranched alkanes of at least 4 members (excludes halogenated alkanes) is 45. The average molecular weight is 1410 g/mol. The van der Waals surface area contributed by atoms with Gasteiger partial charge in [-0.15, -0.1) is 0 Å².